The van der Waals surface area contributed by atoms with Crippen molar-refractivity contribution in [3.05, 3.63) is 29.8 Å². The van der Waals surface area contributed by atoms with Crippen LogP contribution in [0.15, 0.2) is 24.3 Å². The highest BCUT2D eigenvalue weighted by atomic mass is 35.5. The van der Waals surface area contributed by atoms with Crippen LogP contribution in [0, 0.1) is 11.8 Å². The number of rotatable bonds is 5. The topological polar surface area (TPSA) is 61.4 Å². The highest BCUT2D eigenvalue weighted by molar-refractivity contribution is 5.96. The van der Waals surface area contributed by atoms with E-state index in [9.17, 15) is 9.59 Å². The molecule has 2 N–H and O–H groups in total. The van der Waals surface area contributed by atoms with Gasteiger partial charge in [0, 0.05) is 30.3 Å². The summed E-state index contributed by atoms with van der Waals surface area (Å²) >= 11 is 0. The summed E-state index contributed by atoms with van der Waals surface area (Å²) in [5.41, 5.74) is 1.43. The van der Waals surface area contributed by atoms with Gasteiger partial charge < -0.3 is 15.5 Å². The van der Waals surface area contributed by atoms with Crippen LogP contribution in [-0.4, -0.2) is 42.9 Å². The van der Waals surface area contributed by atoms with Crippen molar-refractivity contribution < 1.29 is 9.59 Å². The van der Waals surface area contributed by atoms with E-state index >= 15 is 0 Å². The quantitative estimate of drug-likeness (QED) is 0.825. The van der Waals surface area contributed by atoms with Crippen molar-refractivity contribution >= 4 is 29.9 Å². The van der Waals surface area contributed by atoms with Gasteiger partial charge >= 0.3 is 0 Å². The van der Waals surface area contributed by atoms with Crippen LogP contribution in [0.25, 0.3) is 0 Å². The molecule has 1 aromatic rings. The number of hydrogen-bond acceptors (Lipinski definition) is 3. The Morgan fingerprint density at radius 1 is 1.12 bits per heavy atom. The molecule has 5 nitrogen and oxygen atoms in total. The minimum absolute atomic E-state index is 0. The van der Waals surface area contributed by atoms with Gasteiger partial charge in [-0.25, -0.2) is 0 Å². The van der Waals surface area contributed by atoms with Crippen LogP contribution in [-0.2, 0) is 4.79 Å². The molecule has 144 valence electrons. The normalized spacial score (nSPS) is 19.0. The van der Waals surface area contributed by atoms with E-state index in [2.05, 4.69) is 10.6 Å². The Balaban J connectivity index is 0.00000243. The lowest BCUT2D eigenvalue weighted by Crippen LogP contribution is -2.48. The predicted octanol–water partition coefficient (Wildman–Crippen LogP) is 3.31. The van der Waals surface area contributed by atoms with E-state index in [-0.39, 0.29) is 30.1 Å². The predicted molar refractivity (Wildman–Crippen MR) is 107 cm³/mol. The standard InChI is InChI=1S/C20H29N3O2.ClH/c1-14(16-12-21-13-16)19(24)22-17-10-8-15(9-11-17)20(25)23(2)18-6-4-3-5-7-18;/h8-11,14,16,18,21H,3-7,12-13H2,1-2H3,(H,22,24);1H. The maximum atomic E-state index is 12.7. The number of anilines is 1. The zero-order valence-corrected chi connectivity index (χ0v) is 16.5. The fourth-order valence-corrected chi connectivity index (χ4v) is 3.67. The lowest BCUT2D eigenvalue weighted by Gasteiger charge is -2.32. The molecule has 2 amide bonds. The minimum Gasteiger partial charge on any atom is -0.339 e. The van der Waals surface area contributed by atoms with Gasteiger partial charge in [-0.1, -0.05) is 26.2 Å². The summed E-state index contributed by atoms with van der Waals surface area (Å²) in [6.07, 6.45) is 5.90. The van der Waals surface area contributed by atoms with Crippen LogP contribution in [0.5, 0.6) is 0 Å². The molecule has 1 saturated heterocycles. The second-order valence-corrected chi connectivity index (χ2v) is 7.48. The smallest absolute Gasteiger partial charge is 0.253 e. The molecule has 1 saturated carbocycles. The summed E-state index contributed by atoms with van der Waals surface area (Å²) in [6.45, 7) is 3.79. The van der Waals surface area contributed by atoms with E-state index in [0.717, 1.165) is 31.6 Å². The summed E-state index contributed by atoms with van der Waals surface area (Å²) in [6, 6.07) is 7.63. The third-order valence-electron chi connectivity index (χ3n) is 5.78. The Morgan fingerprint density at radius 3 is 2.27 bits per heavy atom. The van der Waals surface area contributed by atoms with E-state index in [1.807, 2.05) is 43.1 Å². The summed E-state index contributed by atoms with van der Waals surface area (Å²) in [7, 11) is 1.91. The first-order valence-corrected chi connectivity index (χ1v) is 9.45. The molecular formula is C20H30ClN3O2. The van der Waals surface area contributed by atoms with Gasteiger partial charge in [0.05, 0.1) is 0 Å². The van der Waals surface area contributed by atoms with E-state index < -0.39 is 0 Å². The molecule has 0 bridgehead atoms. The number of nitrogens with zero attached hydrogens (tertiary/aromatic N) is 1. The SMILES string of the molecule is CC(C(=O)Nc1ccc(C(=O)N(C)C2CCCCC2)cc1)C1CNC1.Cl. The van der Waals surface area contributed by atoms with Crippen LogP contribution in [0.4, 0.5) is 5.69 Å². The lowest BCUT2D eigenvalue weighted by atomic mass is 9.88. The van der Waals surface area contributed by atoms with Crippen molar-refractivity contribution in [1.82, 2.24) is 10.2 Å². The summed E-state index contributed by atoms with van der Waals surface area (Å²) in [5.74, 6) is 0.536. The fourth-order valence-electron chi connectivity index (χ4n) is 3.67. The molecule has 0 spiro atoms. The first-order chi connectivity index (χ1) is 12.1. The second-order valence-electron chi connectivity index (χ2n) is 7.48. The molecule has 1 aliphatic heterocycles. The first kappa shape index (κ1) is 20.7. The van der Waals surface area contributed by atoms with Crippen molar-refractivity contribution in [2.24, 2.45) is 11.8 Å². The van der Waals surface area contributed by atoms with Crippen LogP contribution < -0.4 is 10.6 Å². The third-order valence-corrected chi connectivity index (χ3v) is 5.78. The molecule has 1 heterocycles. The molecule has 26 heavy (non-hydrogen) atoms. The van der Waals surface area contributed by atoms with Gasteiger partial charge in [-0.3, -0.25) is 9.59 Å². The number of hydrogen-bond donors (Lipinski definition) is 2. The van der Waals surface area contributed by atoms with Crippen LogP contribution in [0.2, 0.25) is 0 Å². The maximum absolute atomic E-state index is 12.7. The van der Waals surface area contributed by atoms with Crippen LogP contribution >= 0.6 is 12.4 Å². The number of carbonyl (C=O) groups excluding carboxylic acids is 2. The fraction of sp³-hybridized carbons (Fsp3) is 0.600. The molecule has 0 aromatic heterocycles. The molecule has 0 radical (unpaired) electrons. The monoisotopic (exact) mass is 379 g/mol. The molecule has 1 aromatic carbocycles. The average Bonchev–Trinajstić information content (AvgIpc) is 2.60. The Kier molecular flexibility index (Phi) is 7.47. The molecule has 1 atom stereocenters. The van der Waals surface area contributed by atoms with Gasteiger partial charge in [0.1, 0.15) is 0 Å². The zero-order valence-electron chi connectivity index (χ0n) is 15.7. The van der Waals surface area contributed by atoms with E-state index in [0.29, 0.717) is 17.5 Å². The number of nitrogens with one attached hydrogen (secondary N) is 2. The van der Waals surface area contributed by atoms with Crippen molar-refractivity contribution in [2.75, 3.05) is 25.5 Å². The van der Waals surface area contributed by atoms with E-state index in [1.165, 1.54) is 19.3 Å². The van der Waals surface area contributed by atoms with Gasteiger partial charge in [-0.2, -0.15) is 0 Å². The highest BCUT2D eigenvalue weighted by Gasteiger charge is 2.28. The Hall–Kier alpha value is -1.59. The number of carbonyl (C=O) groups is 2. The molecule has 2 fully saturated rings. The molecule has 2 aliphatic rings. The van der Waals surface area contributed by atoms with Gasteiger partial charge in [0.15, 0.2) is 0 Å². The largest absolute Gasteiger partial charge is 0.339 e. The summed E-state index contributed by atoms with van der Waals surface area (Å²) in [4.78, 5) is 26.8. The molecule has 3 rings (SSSR count). The summed E-state index contributed by atoms with van der Waals surface area (Å²) in [5, 5.41) is 6.15. The van der Waals surface area contributed by atoms with Crippen LogP contribution in [0.1, 0.15) is 49.4 Å². The zero-order chi connectivity index (χ0) is 17.8. The van der Waals surface area contributed by atoms with Crippen molar-refractivity contribution in [3.63, 3.8) is 0 Å². The average molecular weight is 380 g/mol. The molecule has 1 unspecified atom stereocenters. The molecular weight excluding hydrogens is 350 g/mol. The van der Waals surface area contributed by atoms with E-state index in [4.69, 9.17) is 0 Å². The van der Waals surface area contributed by atoms with Gasteiger partial charge in [-0.05, 0) is 56.1 Å². The van der Waals surface area contributed by atoms with Gasteiger partial charge in [0.25, 0.3) is 5.91 Å². The van der Waals surface area contributed by atoms with Crippen molar-refractivity contribution in [2.45, 2.75) is 45.1 Å². The Bertz CT molecular complexity index is 610. The number of benzene rings is 1. The molecule has 1 aliphatic carbocycles. The van der Waals surface area contributed by atoms with E-state index in [1.54, 1.807) is 0 Å². The highest BCUT2D eigenvalue weighted by Crippen LogP contribution is 2.23. The van der Waals surface area contributed by atoms with Gasteiger partial charge in [-0.15, -0.1) is 12.4 Å². The Labute approximate surface area is 162 Å². The number of halogens is 1. The minimum atomic E-state index is -0.00000618. The van der Waals surface area contributed by atoms with Crippen LogP contribution in [0.3, 0.4) is 0 Å². The second kappa shape index (κ2) is 9.38. The lowest BCUT2D eigenvalue weighted by molar-refractivity contribution is -0.121. The summed E-state index contributed by atoms with van der Waals surface area (Å²) < 4.78 is 0. The van der Waals surface area contributed by atoms with Gasteiger partial charge in [0.2, 0.25) is 5.91 Å². The maximum Gasteiger partial charge on any atom is 0.253 e. The Morgan fingerprint density at radius 2 is 1.73 bits per heavy atom. The first-order valence-electron chi connectivity index (χ1n) is 9.45. The number of amides is 2. The van der Waals surface area contributed by atoms with Crippen molar-refractivity contribution in [1.29, 1.82) is 0 Å². The van der Waals surface area contributed by atoms with Crippen molar-refractivity contribution in [3.8, 4) is 0 Å². The molecule has 6 heteroatoms. The third kappa shape index (κ3) is 4.77.